The number of carbonyl (C=O) groups is 2. The van der Waals surface area contributed by atoms with Gasteiger partial charge >= 0.3 is 0 Å². The Morgan fingerprint density at radius 3 is 2.55 bits per heavy atom. The number of hydrogen-bond donors (Lipinski definition) is 4. The number of likely N-dealkylation sites (tertiary alicyclic amines) is 1. The molecule has 4 saturated heterocycles. The largest absolute Gasteiger partial charge is 0.380 e. The molecule has 0 aromatic rings. The molecule has 2 amide bonds. The summed E-state index contributed by atoms with van der Waals surface area (Å²) < 4.78 is 11.4. The van der Waals surface area contributed by atoms with Crippen molar-refractivity contribution in [3.8, 4) is 0 Å². The van der Waals surface area contributed by atoms with E-state index >= 15 is 0 Å². The van der Waals surface area contributed by atoms with Crippen LogP contribution in [-0.4, -0.2) is 103 Å². The van der Waals surface area contributed by atoms with Crippen LogP contribution in [0, 0.1) is 23.7 Å². The number of halogens is 2. The van der Waals surface area contributed by atoms with Gasteiger partial charge in [-0.1, -0.05) is 6.42 Å². The predicted molar refractivity (Wildman–Crippen MR) is 150 cm³/mol. The van der Waals surface area contributed by atoms with Gasteiger partial charge in [0.25, 0.3) is 0 Å². The first-order valence-electron chi connectivity index (χ1n) is 14.1. The lowest BCUT2D eigenvalue weighted by atomic mass is 9.70. The van der Waals surface area contributed by atoms with Gasteiger partial charge in [0.1, 0.15) is 5.50 Å². The lowest BCUT2D eigenvalue weighted by Crippen LogP contribution is -2.57. The number of alkyl halides is 2. The average Bonchev–Trinajstić information content (AvgIpc) is 3.46. The zero-order chi connectivity index (χ0) is 27.0. The van der Waals surface area contributed by atoms with Crippen LogP contribution in [0.2, 0.25) is 0 Å². The minimum absolute atomic E-state index is 0.0495. The second-order valence-corrected chi connectivity index (χ2v) is 14.1. The van der Waals surface area contributed by atoms with E-state index in [1.54, 1.807) is 26.0 Å². The number of ether oxygens (including phenoxy) is 2. The Morgan fingerprint density at radius 2 is 1.82 bits per heavy atom. The number of rotatable bonds is 6. The monoisotopic (exact) mass is 591 g/mol. The van der Waals surface area contributed by atoms with Crippen LogP contribution in [0.3, 0.4) is 0 Å². The van der Waals surface area contributed by atoms with E-state index in [9.17, 15) is 9.59 Å². The number of piperidine rings is 2. The minimum Gasteiger partial charge on any atom is -0.380 e. The number of amides is 2. The quantitative estimate of drug-likeness (QED) is 0.272. The first-order valence-corrected chi connectivity index (χ1v) is 15.9. The molecule has 0 spiro atoms. The molecule has 12 atom stereocenters. The molecular formula is C26H43Cl2N5O4S. The SMILES string of the molecule is COC1CNC(Cl)CC1C1CC(C)NCC1C(=O)NC1NC2CN(C(=O)C3CCCC(Cl)C3OC)CC2S1. The maximum atomic E-state index is 13.6. The van der Waals surface area contributed by atoms with Gasteiger partial charge in [-0.25, -0.2) is 0 Å². The number of thioether (sulfide) groups is 1. The maximum Gasteiger partial charge on any atom is 0.228 e. The Labute approximate surface area is 240 Å². The van der Waals surface area contributed by atoms with Gasteiger partial charge in [-0.3, -0.25) is 20.2 Å². The molecule has 12 unspecified atom stereocenters. The molecule has 12 heteroatoms. The van der Waals surface area contributed by atoms with Crippen molar-refractivity contribution in [1.82, 2.24) is 26.2 Å². The number of nitrogens with zero attached hydrogens (tertiary/aromatic N) is 1. The Morgan fingerprint density at radius 1 is 1.00 bits per heavy atom. The maximum absolute atomic E-state index is 13.6. The molecule has 5 fully saturated rings. The van der Waals surface area contributed by atoms with E-state index < -0.39 is 0 Å². The van der Waals surface area contributed by atoms with E-state index in [4.69, 9.17) is 32.7 Å². The molecule has 0 aromatic carbocycles. The molecule has 38 heavy (non-hydrogen) atoms. The molecular weight excluding hydrogens is 549 g/mol. The molecule has 4 heterocycles. The van der Waals surface area contributed by atoms with Crippen LogP contribution in [0.15, 0.2) is 0 Å². The first-order chi connectivity index (χ1) is 18.3. The van der Waals surface area contributed by atoms with E-state index in [-0.39, 0.29) is 75.4 Å². The summed E-state index contributed by atoms with van der Waals surface area (Å²) >= 11 is 14.7. The molecule has 0 aromatic heterocycles. The summed E-state index contributed by atoms with van der Waals surface area (Å²) in [5, 5.41) is 13.8. The summed E-state index contributed by atoms with van der Waals surface area (Å²) in [5.74, 6) is 0.343. The van der Waals surface area contributed by atoms with E-state index in [0.717, 1.165) is 32.1 Å². The molecule has 4 N–H and O–H groups in total. The van der Waals surface area contributed by atoms with Crippen molar-refractivity contribution in [1.29, 1.82) is 0 Å². The van der Waals surface area contributed by atoms with Crippen molar-refractivity contribution in [3.05, 3.63) is 0 Å². The number of fused-ring (bicyclic) bond motifs is 1. The molecule has 5 aliphatic rings. The summed E-state index contributed by atoms with van der Waals surface area (Å²) in [6.45, 7) is 4.87. The van der Waals surface area contributed by atoms with Crippen LogP contribution >= 0.6 is 35.0 Å². The highest BCUT2D eigenvalue weighted by Crippen LogP contribution is 2.39. The summed E-state index contributed by atoms with van der Waals surface area (Å²) in [7, 11) is 3.40. The Balaban J connectivity index is 1.17. The molecule has 0 radical (unpaired) electrons. The predicted octanol–water partition coefficient (Wildman–Crippen LogP) is 1.53. The van der Waals surface area contributed by atoms with E-state index in [1.165, 1.54) is 0 Å². The number of methoxy groups -OCH3 is 2. The summed E-state index contributed by atoms with van der Waals surface area (Å²) in [6, 6.07) is 0.508. The van der Waals surface area contributed by atoms with E-state index in [2.05, 4.69) is 28.2 Å². The summed E-state index contributed by atoms with van der Waals surface area (Å²) in [6.07, 6.45) is 4.21. The second-order valence-electron chi connectivity index (χ2n) is 11.7. The fourth-order valence-electron chi connectivity index (χ4n) is 7.37. The molecule has 5 rings (SSSR count). The zero-order valence-electron chi connectivity index (χ0n) is 22.5. The minimum atomic E-state index is -0.225. The molecule has 1 saturated carbocycles. The standard InChI is InChI=1S/C26H43Cl2N5O4S/c1-13-7-15(16-8-22(28)30-10-20(16)36-2)17(9-29-13)24(34)32-26-31-19-11-33(12-21(19)38-26)25(35)14-5-4-6-18(27)23(14)37-3/h13-23,26,29-31H,4-12H2,1-3H3,(H,32,34). The fraction of sp³-hybridized carbons (Fsp3) is 0.923. The molecule has 4 aliphatic heterocycles. The van der Waals surface area contributed by atoms with Gasteiger partial charge < -0.3 is 25.0 Å². The van der Waals surface area contributed by atoms with Gasteiger partial charge in [0.2, 0.25) is 11.8 Å². The summed E-state index contributed by atoms with van der Waals surface area (Å²) in [4.78, 5) is 28.9. The molecule has 9 nitrogen and oxygen atoms in total. The Kier molecular flexibility index (Phi) is 9.73. The summed E-state index contributed by atoms with van der Waals surface area (Å²) in [5.41, 5.74) is -0.254. The van der Waals surface area contributed by atoms with Crippen molar-refractivity contribution >= 4 is 46.8 Å². The topological polar surface area (TPSA) is 104 Å². The Bertz CT molecular complexity index is 846. The number of carbonyl (C=O) groups excluding carboxylic acids is 2. The fourth-order valence-corrected chi connectivity index (χ4v) is 9.50. The average molecular weight is 593 g/mol. The highest BCUT2D eigenvalue weighted by atomic mass is 35.5. The van der Waals surface area contributed by atoms with Crippen molar-refractivity contribution in [3.63, 3.8) is 0 Å². The molecule has 216 valence electrons. The smallest absolute Gasteiger partial charge is 0.228 e. The van der Waals surface area contributed by atoms with Gasteiger partial charge in [-0.2, -0.15) is 0 Å². The van der Waals surface area contributed by atoms with E-state index in [1.807, 2.05) is 4.90 Å². The lowest BCUT2D eigenvalue weighted by molar-refractivity contribution is -0.141. The van der Waals surface area contributed by atoms with Crippen LogP contribution < -0.4 is 21.3 Å². The van der Waals surface area contributed by atoms with Gasteiger partial charge in [-0.15, -0.1) is 35.0 Å². The number of hydrogen-bond acceptors (Lipinski definition) is 8. The van der Waals surface area contributed by atoms with Gasteiger partial charge in [0.05, 0.1) is 34.9 Å². The highest BCUT2D eigenvalue weighted by molar-refractivity contribution is 8.00. The van der Waals surface area contributed by atoms with Crippen molar-refractivity contribution in [2.75, 3.05) is 40.4 Å². The van der Waals surface area contributed by atoms with Crippen LogP contribution in [0.1, 0.15) is 39.0 Å². The second kappa shape index (κ2) is 12.7. The third kappa shape index (κ3) is 6.12. The lowest BCUT2D eigenvalue weighted by Gasteiger charge is -2.45. The highest BCUT2D eigenvalue weighted by Gasteiger charge is 2.48. The van der Waals surface area contributed by atoms with E-state index in [0.29, 0.717) is 32.2 Å². The molecule has 1 aliphatic carbocycles. The normalized spacial score (nSPS) is 45.6. The molecule has 0 bridgehead atoms. The van der Waals surface area contributed by atoms with Crippen LogP contribution in [0.25, 0.3) is 0 Å². The van der Waals surface area contributed by atoms with Crippen molar-refractivity contribution in [2.24, 2.45) is 23.7 Å². The number of nitrogens with one attached hydrogen (secondary N) is 4. The van der Waals surface area contributed by atoms with Gasteiger partial charge in [-0.05, 0) is 44.4 Å². The zero-order valence-corrected chi connectivity index (χ0v) is 24.9. The van der Waals surface area contributed by atoms with Gasteiger partial charge in [0.15, 0.2) is 0 Å². The van der Waals surface area contributed by atoms with Gasteiger partial charge in [0, 0.05) is 57.7 Å². The van der Waals surface area contributed by atoms with Crippen LogP contribution in [0.5, 0.6) is 0 Å². The third-order valence-corrected chi connectivity index (χ3v) is 11.5. The Hall–Kier alpha value is -0.330. The third-order valence-electron chi connectivity index (χ3n) is 9.38. The van der Waals surface area contributed by atoms with Crippen molar-refractivity contribution in [2.45, 2.75) is 84.9 Å². The van der Waals surface area contributed by atoms with Crippen molar-refractivity contribution < 1.29 is 19.1 Å². The van der Waals surface area contributed by atoms with Crippen LogP contribution in [-0.2, 0) is 19.1 Å². The van der Waals surface area contributed by atoms with Crippen LogP contribution in [0.4, 0.5) is 0 Å². The first kappa shape index (κ1) is 29.2.